The van der Waals surface area contributed by atoms with Crippen LogP contribution in [0.5, 0.6) is 5.75 Å². The molecule has 3 aromatic rings. The molecule has 0 radical (unpaired) electrons. The fourth-order valence-corrected chi connectivity index (χ4v) is 5.41. The van der Waals surface area contributed by atoms with E-state index in [9.17, 15) is 4.79 Å². The molecule has 1 amide bonds. The Bertz CT molecular complexity index is 1280. The number of anilines is 4. The van der Waals surface area contributed by atoms with E-state index in [0.717, 1.165) is 28.4 Å². The highest BCUT2D eigenvalue weighted by Gasteiger charge is 2.22. The number of rotatable bonds is 9. The first-order valence-corrected chi connectivity index (χ1v) is 15.9. The number of hydrogen-bond acceptors (Lipinski definition) is 7. The number of halogens is 2. The lowest BCUT2D eigenvalue weighted by atomic mass is 10.1. The van der Waals surface area contributed by atoms with Gasteiger partial charge in [0.15, 0.2) is 5.82 Å². The van der Waals surface area contributed by atoms with Gasteiger partial charge in [-0.2, -0.15) is 0 Å². The SMILES string of the molecule is Cc1cn(-c2ccc3c(c2)OCCN3CC(=O)NC(C)C)nc1Nc1ccc(NPI)c(C=N)c1Cl. The highest BCUT2D eigenvalue weighted by atomic mass is 127. The van der Waals surface area contributed by atoms with Crippen molar-refractivity contribution in [1.29, 1.82) is 5.41 Å². The van der Waals surface area contributed by atoms with E-state index in [2.05, 4.69) is 37.8 Å². The van der Waals surface area contributed by atoms with E-state index in [-0.39, 0.29) is 18.5 Å². The number of nitrogens with zero attached hydrogens (tertiary/aromatic N) is 3. The molecular formula is C24H28ClIN7O2P. The number of hydrogen-bond donors (Lipinski definition) is 4. The minimum Gasteiger partial charge on any atom is -0.489 e. The molecule has 0 bridgehead atoms. The van der Waals surface area contributed by atoms with Crippen molar-refractivity contribution in [3.8, 4) is 11.4 Å². The quantitative estimate of drug-likeness (QED) is 0.137. The summed E-state index contributed by atoms with van der Waals surface area (Å²) in [6, 6.07) is 9.74. The molecule has 1 aliphatic heterocycles. The van der Waals surface area contributed by atoms with Crippen LogP contribution in [0.4, 0.5) is 22.9 Å². The summed E-state index contributed by atoms with van der Waals surface area (Å²) in [7, 11) is 0. The minimum atomic E-state index is -0.0105. The third-order valence-corrected chi connectivity index (χ3v) is 7.19. The molecule has 0 fully saturated rings. The summed E-state index contributed by atoms with van der Waals surface area (Å²) in [5.41, 5.74) is 4.78. The summed E-state index contributed by atoms with van der Waals surface area (Å²) in [4.78, 5) is 14.3. The molecule has 1 atom stereocenters. The molecule has 36 heavy (non-hydrogen) atoms. The Labute approximate surface area is 230 Å². The summed E-state index contributed by atoms with van der Waals surface area (Å²) in [5, 5.41) is 22.4. The summed E-state index contributed by atoms with van der Waals surface area (Å²) < 4.78 is 7.69. The zero-order chi connectivity index (χ0) is 25.8. The number of fused-ring (bicyclic) bond motifs is 1. The second kappa shape index (κ2) is 11.7. The van der Waals surface area contributed by atoms with Crippen molar-refractivity contribution >= 4 is 75.0 Å². The fraction of sp³-hybridized carbons (Fsp3) is 0.292. The molecule has 2 aromatic carbocycles. The predicted molar refractivity (Wildman–Crippen MR) is 158 cm³/mol. The third-order valence-electron chi connectivity index (χ3n) is 5.61. The van der Waals surface area contributed by atoms with Gasteiger partial charge in [0.25, 0.3) is 0 Å². The normalized spacial score (nSPS) is 13.0. The van der Waals surface area contributed by atoms with Gasteiger partial charge >= 0.3 is 0 Å². The Balaban J connectivity index is 1.56. The van der Waals surface area contributed by atoms with Crippen LogP contribution in [0.15, 0.2) is 36.5 Å². The average molecular weight is 640 g/mol. The predicted octanol–water partition coefficient (Wildman–Crippen LogP) is 5.65. The van der Waals surface area contributed by atoms with Crippen molar-refractivity contribution in [3.63, 3.8) is 0 Å². The van der Waals surface area contributed by atoms with Crippen LogP contribution in [0.1, 0.15) is 25.0 Å². The van der Waals surface area contributed by atoms with E-state index in [0.29, 0.717) is 41.6 Å². The van der Waals surface area contributed by atoms with Crippen LogP contribution in [0.2, 0.25) is 5.02 Å². The van der Waals surface area contributed by atoms with Crippen LogP contribution >= 0.6 is 40.0 Å². The molecule has 0 saturated carbocycles. The molecule has 1 aliphatic rings. The van der Waals surface area contributed by atoms with Gasteiger partial charge in [0, 0.05) is 47.7 Å². The molecular weight excluding hydrogens is 612 g/mol. The largest absolute Gasteiger partial charge is 0.489 e. The molecule has 9 nitrogen and oxygen atoms in total. The Morgan fingerprint density at radius 2 is 2.11 bits per heavy atom. The van der Waals surface area contributed by atoms with Gasteiger partial charge in [-0.15, -0.1) is 5.10 Å². The van der Waals surface area contributed by atoms with Gasteiger partial charge in [0.2, 0.25) is 5.91 Å². The zero-order valence-corrected chi connectivity index (χ0v) is 24.1. The van der Waals surface area contributed by atoms with Gasteiger partial charge < -0.3 is 30.8 Å². The standard InChI is InChI=1S/C24H28ClIN7O2P/c1-14(2)28-22(34)13-32-8-9-35-21-10-16(4-7-20(21)32)33-12-15(3)24(30-33)29-19-6-5-18(31-36-26)17(11-27)23(19)25/h4-7,10-12,14,27,31,36H,8-9,13H2,1-3H3,(H,28,34)(H,29,30). The Morgan fingerprint density at radius 1 is 1.33 bits per heavy atom. The second-order valence-electron chi connectivity index (χ2n) is 8.63. The number of amides is 1. The van der Waals surface area contributed by atoms with Crippen molar-refractivity contribution in [3.05, 3.63) is 52.7 Å². The molecule has 0 saturated heterocycles. The fourth-order valence-electron chi connectivity index (χ4n) is 3.95. The van der Waals surface area contributed by atoms with Gasteiger partial charge in [0.1, 0.15) is 12.4 Å². The van der Waals surface area contributed by atoms with Crippen LogP contribution in [-0.2, 0) is 4.79 Å². The van der Waals surface area contributed by atoms with Crippen molar-refractivity contribution in [2.24, 2.45) is 0 Å². The van der Waals surface area contributed by atoms with Crippen molar-refractivity contribution in [2.75, 3.05) is 35.0 Å². The van der Waals surface area contributed by atoms with Crippen molar-refractivity contribution in [1.82, 2.24) is 15.1 Å². The number of aromatic nitrogens is 2. The highest BCUT2D eigenvalue weighted by molar-refractivity contribution is 14.2. The number of ether oxygens (including phenoxy) is 1. The monoisotopic (exact) mass is 639 g/mol. The lowest BCUT2D eigenvalue weighted by Gasteiger charge is -2.31. The number of carbonyl (C=O) groups excluding carboxylic acids is 1. The maximum Gasteiger partial charge on any atom is 0.239 e. The maximum atomic E-state index is 12.3. The first kappa shape index (κ1) is 26.5. The highest BCUT2D eigenvalue weighted by Crippen LogP contribution is 2.37. The molecule has 12 heteroatoms. The third kappa shape index (κ3) is 5.87. The molecule has 4 rings (SSSR count). The molecule has 0 aliphatic carbocycles. The van der Waals surface area contributed by atoms with Crippen LogP contribution in [0.25, 0.3) is 5.69 Å². The first-order chi connectivity index (χ1) is 17.3. The van der Waals surface area contributed by atoms with Gasteiger partial charge in [0.05, 0.1) is 35.2 Å². The topological polar surface area (TPSA) is 107 Å². The van der Waals surface area contributed by atoms with Crippen LogP contribution in [0, 0.1) is 12.3 Å². The van der Waals surface area contributed by atoms with E-state index >= 15 is 0 Å². The molecule has 1 unspecified atom stereocenters. The minimum absolute atomic E-state index is 0.0105. The van der Waals surface area contributed by atoms with Gasteiger partial charge in [-0.1, -0.05) is 11.6 Å². The van der Waals surface area contributed by atoms with E-state index in [1.54, 1.807) is 4.68 Å². The Kier molecular flexibility index (Phi) is 8.58. The van der Waals surface area contributed by atoms with Crippen LogP contribution in [-0.4, -0.2) is 47.6 Å². The number of aryl methyl sites for hydroxylation is 1. The summed E-state index contributed by atoms with van der Waals surface area (Å²) in [6.07, 6.45) is 3.65. The molecule has 4 N–H and O–H groups in total. The van der Waals surface area contributed by atoms with Crippen molar-refractivity contribution < 1.29 is 9.53 Å². The second-order valence-corrected chi connectivity index (χ2v) is 11.1. The lowest BCUT2D eigenvalue weighted by Crippen LogP contribution is -2.43. The molecule has 1 aromatic heterocycles. The molecule has 0 spiro atoms. The van der Waals surface area contributed by atoms with E-state index in [1.807, 2.05) is 62.2 Å². The van der Waals surface area contributed by atoms with E-state index in [1.165, 1.54) is 6.21 Å². The summed E-state index contributed by atoms with van der Waals surface area (Å²) >= 11 is 8.83. The Morgan fingerprint density at radius 3 is 2.83 bits per heavy atom. The van der Waals surface area contributed by atoms with Crippen molar-refractivity contribution in [2.45, 2.75) is 26.8 Å². The summed E-state index contributed by atoms with van der Waals surface area (Å²) in [6.45, 7) is 7.31. The smallest absolute Gasteiger partial charge is 0.239 e. The number of benzene rings is 2. The number of nitrogens with one attached hydrogen (secondary N) is 4. The number of carbonyl (C=O) groups is 1. The molecule has 2 heterocycles. The first-order valence-electron chi connectivity index (χ1n) is 11.4. The van der Waals surface area contributed by atoms with Gasteiger partial charge in [-0.3, -0.25) is 4.79 Å². The Hall–Kier alpha value is -2.56. The summed E-state index contributed by atoms with van der Waals surface area (Å²) in [5.74, 6) is 1.37. The van der Waals surface area contributed by atoms with Crippen LogP contribution in [0.3, 0.4) is 0 Å². The maximum absolute atomic E-state index is 12.3. The average Bonchev–Trinajstić information content (AvgIpc) is 3.20. The van der Waals surface area contributed by atoms with E-state index < -0.39 is 0 Å². The van der Waals surface area contributed by atoms with Crippen LogP contribution < -0.4 is 25.4 Å². The van der Waals surface area contributed by atoms with Gasteiger partial charge in [-0.05, 0) is 67.1 Å². The zero-order valence-electron chi connectivity index (χ0n) is 20.2. The lowest BCUT2D eigenvalue weighted by molar-refractivity contribution is -0.120. The van der Waals surface area contributed by atoms with Gasteiger partial charge in [-0.25, -0.2) is 4.68 Å². The molecule has 190 valence electrons. The van der Waals surface area contributed by atoms with E-state index in [4.69, 9.17) is 26.8 Å².